The molecule has 3 nitrogen and oxygen atoms in total. The molecule has 1 aromatic carbocycles. The van der Waals surface area contributed by atoms with Crippen molar-refractivity contribution in [3.05, 3.63) is 41.3 Å². The van der Waals surface area contributed by atoms with Crippen molar-refractivity contribution < 1.29 is 4.39 Å². The molecule has 0 amide bonds. The van der Waals surface area contributed by atoms with E-state index >= 15 is 0 Å². The fraction of sp³-hybridized carbons (Fsp3) is 0.143. The third-order valence-electron chi connectivity index (χ3n) is 2.90. The minimum absolute atomic E-state index is 0.492. The van der Waals surface area contributed by atoms with Crippen LogP contribution in [-0.2, 0) is 0 Å². The average molecular weight is 308 g/mol. The van der Waals surface area contributed by atoms with E-state index in [1.165, 1.54) is 17.4 Å². The van der Waals surface area contributed by atoms with Crippen LogP contribution in [0.5, 0.6) is 0 Å². The normalized spacial score (nSPS) is 11.0. The maximum atomic E-state index is 13.1. The number of nitrogens with zero attached hydrogens (tertiary/aromatic N) is 3. The molecule has 0 bridgehead atoms. The van der Waals surface area contributed by atoms with E-state index in [0.29, 0.717) is 15.4 Å². The summed E-state index contributed by atoms with van der Waals surface area (Å²) >= 11 is 7.61. The summed E-state index contributed by atoms with van der Waals surface area (Å²) in [6, 6.07) is 8.71. The van der Waals surface area contributed by atoms with Gasteiger partial charge in [-0.1, -0.05) is 22.9 Å². The van der Waals surface area contributed by atoms with Crippen LogP contribution in [0.4, 0.5) is 10.1 Å². The lowest BCUT2D eigenvalue weighted by Gasteiger charge is -2.14. The van der Waals surface area contributed by atoms with Crippen molar-refractivity contribution in [2.75, 3.05) is 19.0 Å². The summed E-state index contributed by atoms with van der Waals surface area (Å²) < 4.78 is 13.1. The number of pyridine rings is 1. The molecule has 102 valence electrons. The molecule has 0 fully saturated rings. The highest BCUT2D eigenvalue weighted by Crippen LogP contribution is 2.33. The van der Waals surface area contributed by atoms with Crippen LogP contribution in [0.15, 0.2) is 30.3 Å². The van der Waals surface area contributed by atoms with Gasteiger partial charge in [-0.3, -0.25) is 0 Å². The SMILES string of the molecule is CN(C)c1ccc(-c2nc3ccc(F)nc3s2)cc1Cl. The quantitative estimate of drug-likeness (QED) is 0.664. The highest BCUT2D eigenvalue weighted by atomic mass is 35.5. The number of halogens is 2. The number of aromatic nitrogens is 2. The van der Waals surface area contributed by atoms with Crippen LogP contribution in [-0.4, -0.2) is 24.1 Å². The Morgan fingerprint density at radius 1 is 1.15 bits per heavy atom. The first-order valence-corrected chi connectivity index (χ1v) is 7.14. The molecule has 2 aromatic heterocycles. The summed E-state index contributed by atoms with van der Waals surface area (Å²) in [5.74, 6) is -0.492. The molecule has 0 atom stereocenters. The van der Waals surface area contributed by atoms with Crippen molar-refractivity contribution in [2.45, 2.75) is 0 Å². The molecule has 0 saturated heterocycles. The van der Waals surface area contributed by atoms with Crippen LogP contribution in [0.25, 0.3) is 20.9 Å². The van der Waals surface area contributed by atoms with Gasteiger partial charge in [-0.25, -0.2) is 9.97 Å². The number of hydrogen-bond acceptors (Lipinski definition) is 4. The zero-order valence-electron chi connectivity index (χ0n) is 10.9. The number of anilines is 1. The maximum Gasteiger partial charge on any atom is 0.214 e. The smallest absolute Gasteiger partial charge is 0.214 e. The van der Waals surface area contributed by atoms with E-state index in [2.05, 4.69) is 9.97 Å². The number of thiazole rings is 1. The van der Waals surface area contributed by atoms with Gasteiger partial charge in [-0.05, 0) is 30.3 Å². The average Bonchev–Trinajstić information content (AvgIpc) is 2.81. The third-order valence-corrected chi connectivity index (χ3v) is 4.21. The van der Waals surface area contributed by atoms with Gasteiger partial charge >= 0.3 is 0 Å². The summed E-state index contributed by atoms with van der Waals surface area (Å²) in [5, 5.41) is 1.44. The van der Waals surface area contributed by atoms with Gasteiger partial charge in [0.2, 0.25) is 5.95 Å². The largest absolute Gasteiger partial charge is 0.376 e. The molecule has 0 aliphatic carbocycles. The minimum Gasteiger partial charge on any atom is -0.376 e. The van der Waals surface area contributed by atoms with E-state index in [1.54, 1.807) is 6.07 Å². The monoisotopic (exact) mass is 307 g/mol. The number of hydrogen-bond donors (Lipinski definition) is 0. The van der Waals surface area contributed by atoms with Gasteiger partial charge in [0.25, 0.3) is 0 Å². The van der Waals surface area contributed by atoms with Crippen LogP contribution in [0.2, 0.25) is 5.02 Å². The van der Waals surface area contributed by atoms with Gasteiger partial charge in [0.1, 0.15) is 15.4 Å². The second kappa shape index (κ2) is 5.00. The molecule has 0 N–H and O–H groups in total. The van der Waals surface area contributed by atoms with Gasteiger partial charge in [0.05, 0.1) is 10.7 Å². The van der Waals surface area contributed by atoms with E-state index in [1.807, 2.05) is 37.2 Å². The van der Waals surface area contributed by atoms with Crippen LogP contribution < -0.4 is 4.90 Å². The summed E-state index contributed by atoms with van der Waals surface area (Å²) in [7, 11) is 3.87. The predicted molar refractivity (Wildman–Crippen MR) is 82.1 cm³/mol. The predicted octanol–water partition coefficient (Wildman–Crippen LogP) is 4.22. The van der Waals surface area contributed by atoms with Crippen molar-refractivity contribution in [2.24, 2.45) is 0 Å². The van der Waals surface area contributed by atoms with Gasteiger partial charge < -0.3 is 4.90 Å². The first kappa shape index (κ1) is 13.3. The van der Waals surface area contributed by atoms with Crippen molar-refractivity contribution >= 4 is 39.0 Å². The summed E-state index contributed by atoms with van der Waals surface area (Å²) in [5.41, 5.74) is 2.55. The Morgan fingerprint density at radius 2 is 1.95 bits per heavy atom. The molecule has 3 rings (SSSR count). The van der Waals surface area contributed by atoms with Gasteiger partial charge in [-0.2, -0.15) is 4.39 Å². The molecule has 0 aliphatic heterocycles. The molecular weight excluding hydrogens is 297 g/mol. The Labute approximate surface area is 124 Å². The van der Waals surface area contributed by atoms with Crippen LogP contribution in [0.3, 0.4) is 0 Å². The van der Waals surface area contributed by atoms with Crippen molar-refractivity contribution in [1.29, 1.82) is 0 Å². The Bertz CT molecular complexity index is 785. The van der Waals surface area contributed by atoms with Crippen molar-refractivity contribution in [1.82, 2.24) is 9.97 Å². The number of benzene rings is 1. The third kappa shape index (κ3) is 2.34. The van der Waals surface area contributed by atoms with E-state index in [4.69, 9.17) is 11.6 Å². The Kier molecular flexibility index (Phi) is 3.31. The van der Waals surface area contributed by atoms with E-state index in [0.717, 1.165) is 16.3 Å². The molecule has 0 saturated carbocycles. The van der Waals surface area contributed by atoms with Crippen molar-refractivity contribution in [3.63, 3.8) is 0 Å². The Morgan fingerprint density at radius 3 is 2.65 bits per heavy atom. The fourth-order valence-corrected chi connectivity index (χ4v) is 3.19. The Balaban J connectivity index is 2.08. The molecular formula is C14H11ClFN3S. The van der Waals surface area contributed by atoms with Gasteiger partial charge in [0.15, 0.2) is 0 Å². The number of rotatable bonds is 2. The minimum atomic E-state index is -0.492. The first-order valence-electron chi connectivity index (χ1n) is 5.95. The van der Waals surface area contributed by atoms with Crippen LogP contribution >= 0.6 is 22.9 Å². The highest BCUT2D eigenvalue weighted by molar-refractivity contribution is 7.21. The zero-order chi connectivity index (χ0) is 14.3. The highest BCUT2D eigenvalue weighted by Gasteiger charge is 2.10. The maximum absolute atomic E-state index is 13.1. The van der Waals surface area contributed by atoms with E-state index in [-0.39, 0.29) is 0 Å². The standard InChI is InChI=1S/C14H11ClFN3S/c1-19(2)11-5-3-8(7-9(11)15)13-17-10-4-6-12(16)18-14(10)20-13/h3-7H,1-2H3. The Hall–Kier alpha value is -1.72. The van der Waals surface area contributed by atoms with Gasteiger partial charge in [0, 0.05) is 19.7 Å². The van der Waals surface area contributed by atoms with Crippen LogP contribution in [0.1, 0.15) is 0 Å². The second-order valence-corrected chi connectivity index (χ2v) is 5.92. The summed E-state index contributed by atoms with van der Waals surface area (Å²) in [6.07, 6.45) is 0. The topological polar surface area (TPSA) is 29.0 Å². The lowest BCUT2D eigenvalue weighted by Crippen LogP contribution is -2.08. The molecule has 0 unspecified atom stereocenters. The molecule has 2 heterocycles. The molecule has 20 heavy (non-hydrogen) atoms. The number of fused-ring (bicyclic) bond motifs is 1. The molecule has 0 radical (unpaired) electrons. The van der Waals surface area contributed by atoms with Crippen molar-refractivity contribution in [3.8, 4) is 10.6 Å². The summed E-state index contributed by atoms with van der Waals surface area (Å²) in [6.45, 7) is 0. The van der Waals surface area contributed by atoms with Crippen LogP contribution in [0, 0.1) is 5.95 Å². The molecule has 0 spiro atoms. The zero-order valence-corrected chi connectivity index (χ0v) is 12.5. The molecule has 3 aromatic rings. The first-order chi connectivity index (χ1) is 9.54. The lowest BCUT2D eigenvalue weighted by molar-refractivity contribution is 0.589. The van der Waals surface area contributed by atoms with Gasteiger partial charge in [-0.15, -0.1) is 0 Å². The fourth-order valence-electron chi connectivity index (χ4n) is 1.92. The van der Waals surface area contributed by atoms with E-state index < -0.39 is 5.95 Å². The second-order valence-electron chi connectivity index (χ2n) is 4.54. The molecule has 0 aliphatic rings. The van der Waals surface area contributed by atoms with E-state index in [9.17, 15) is 4.39 Å². The lowest BCUT2D eigenvalue weighted by atomic mass is 10.2. The summed E-state index contributed by atoms with van der Waals surface area (Å²) in [4.78, 5) is 10.8. The molecule has 6 heteroatoms.